The molecule has 0 spiro atoms. The van der Waals surface area contributed by atoms with Gasteiger partial charge in [0.25, 0.3) is 0 Å². The topological polar surface area (TPSA) is 158 Å². The van der Waals surface area contributed by atoms with Gasteiger partial charge >= 0.3 is 23.9 Å². The number of rotatable bonds is 16. The van der Waals surface area contributed by atoms with E-state index in [-0.39, 0.29) is 35.8 Å². The van der Waals surface area contributed by atoms with E-state index in [9.17, 15) is 28.8 Å². The Balaban J connectivity index is 1.97. The third kappa shape index (κ3) is 15.4. The lowest BCUT2D eigenvalue weighted by Crippen LogP contribution is -2.27. The summed E-state index contributed by atoms with van der Waals surface area (Å²) in [6, 6.07) is 9.32. The Morgan fingerprint density at radius 1 is 0.588 bits per heavy atom. The van der Waals surface area contributed by atoms with Gasteiger partial charge in [-0.05, 0) is 89.1 Å². The van der Waals surface area contributed by atoms with Crippen molar-refractivity contribution in [3.63, 3.8) is 0 Å². The van der Waals surface area contributed by atoms with Crippen molar-refractivity contribution in [2.45, 2.75) is 85.9 Å². The van der Waals surface area contributed by atoms with Gasteiger partial charge in [0.15, 0.2) is 34.6 Å². The molecule has 0 saturated heterocycles. The van der Waals surface area contributed by atoms with Crippen LogP contribution in [0.5, 0.6) is 23.0 Å². The Morgan fingerprint density at radius 2 is 0.941 bits per heavy atom. The molecule has 0 heterocycles. The number of benzene rings is 2. The van der Waals surface area contributed by atoms with Crippen LogP contribution in [-0.4, -0.2) is 60.9 Å². The zero-order valence-electron chi connectivity index (χ0n) is 30.9. The molecule has 0 aliphatic rings. The molecule has 0 fully saturated rings. The second kappa shape index (κ2) is 18.7. The normalized spacial score (nSPS) is 12.9. The zero-order valence-corrected chi connectivity index (χ0v) is 30.9. The lowest BCUT2D eigenvalue weighted by atomic mass is 10.1. The van der Waals surface area contributed by atoms with Gasteiger partial charge in [-0.3, -0.25) is 28.8 Å². The van der Waals surface area contributed by atoms with E-state index in [0.717, 1.165) is 0 Å². The lowest BCUT2D eigenvalue weighted by molar-refractivity contribution is -0.159. The predicted molar refractivity (Wildman–Crippen MR) is 189 cm³/mol. The molecule has 12 heteroatoms. The van der Waals surface area contributed by atoms with E-state index < -0.39 is 64.9 Å². The van der Waals surface area contributed by atoms with Gasteiger partial charge in [0.1, 0.15) is 11.2 Å². The van der Waals surface area contributed by atoms with Gasteiger partial charge in [0.05, 0.1) is 45.3 Å². The highest BCUT2D eigenvalue weighted by atomic mass is 16.6. The highest BCUT2D eigenvalue weighted by Gasteiger charge is 2.26. The first kappa shape index (κ1) is 41.9. The average molecular weight is 709 g/mol. The van der Waals surface area contributed by atoms with E-state index >= 15 is 0 Å². The van der Waals surface area contributed by atoms with E-state index in [1.54, 1.807) is 79.7 Å². The van der Waals surface area contributed by atoms with E-state index in [4.69, 9.17) is 28.4 Å². The van der Waals surface area contributed by atoms with Crippen molar-refractivity contribution in [1.29, 1.82) is 0 Å². The molecule has 0 amide bonds. The van der Waals surface area contributed by atoms with Crippen LogP contribution >= 0.6 is 0 Å². The van der Waals surface area contributed by atoms with Crippen molar-refractivity contribution >= 4 is 47.6 Å². The van der Waals surface area contributed by atoms with Crippen LogP contribution < -0.4 is 18.9 Å². The van der Waals surface area contributed by atoms with Crippen molar-refractivity contribution in [3.05, 3.63) is 59.7 Å². The molecule has 0 unspecified atom stereocenters. The van der Waals surface area contributed by atoms with Crippen LogP contribution in [0.4, 0.5) is 0 Å². The highest BCUT2D eigenvalue weighted by molar-refractivity contribution is 6.11. The molecule has 12 nitrogen and oxygen atoms in total. The van der Waals surface area contributed by atoms with Crippen LogP contribution in [0.3, 0.4) is 0 Å². The average Bonchev–Trinajstić information content (AvgIpc) is 3.01. The molecule has 2 rings (SSSR count). The molecule has 0 radical (unpaired) electrons. The number of ether oxygens (including phenoxy) is 6. The van der Waals surface area contributed by atoms with Crippen LogP contribution in [0.2, 0.25) is 0 Å². The summed E-state index contributed by atoms with van der Waals surface area (Å²) in [5.74, 6) is -3.98. The fourth-order valence-corrected chi connectivity index (χ4v) is 4.26. The fourth-order valence-electron chi connectivity index (χ4n) is 4.26. The van der Waals surface area contributed by atoms with Crippen molar-refractivity contribution in [1.82, 2.24) is 0 Å². The maximum absolute atomic E-state index is 12.6. The predicted octanol–water partition coefficient (Wildman–Crippen LogP) is 6.51. The maximum atomic E-state index is 12.6. The summed E-state index contributed by atoms with van der Waals surface area (Å²) in [6.07, 6.45) is 4.82. The maximum Gasteiger partial charge on any atom is 0.314 e. The van der Waals surface area contributed by atoms with Gasteiger partial charge in [-0.15, -0.1) is 0 Å². The number of allylic oxidation sites excluding steroid dienone is 2. The summed E-state index contributed by atoms with van der Waals surface area (Å²) in [4.78, 5) is 74.3. The Labute approximate surface area is 299 Å². The number of esters is 4. The molecule has 276 valence electrons. The summed E-state index contributed by atoms with van der Waals surface area (Å²) in [5.41, 5.74) is -0.238. The summed E-state index contributed by atoms with van der Waals surface area (Å²) in [6.45, 7) is 13.5. The number of hydrogen-bond acceptors (Lipinski definition) is 12. The van der Waals surface area contributed by atoms with Gasteiger partial charge in [-0.25, -0.2) is 0 Å². The van der Waals surface area contributed by atoms with Crippen LogP contribution in [-0.2, 0) is 38.2 Å². The lowest BCUT2D eigenvalue weighted by Gasteiger charge is -2.20. The molecule has 0 aliphatic carbocycles. The number of carbonyl (C=O) groups excluding carboxylic acids is 6. The van der Waals surface area contributed by atoms with E-state index in [0.29, 0.717) is 11.1 Å². The third-order valence-corrected chi connectivity index (χ3v) is 6.66. The second-order valence-electron chi connectivity index (χ2n) is 13.8. The van der Waals surface area contributed by atoms with Gasteiger partial charge in [0.2, 0.25) is 0 Å². The van der Waals surface area contributed by atoms with E-state index in [1.165, 1.54) is 50.7 Å². The van der Waals surface area contributed by atoms with Crippen LogP contribution in [0.15, 0.2) is 48.6 Å². The monoisotopic (exact) mass is 708 g/mol. The second-order valence-corrected chi connectivity index (χ2v) is 13.8. The number of ketones is 2. The van der Waals surface area contributed by atoms with E-state index in [2.05, 4.69) is 0 Å². The van der Waals surface area contributed by atoms with Crippen molar-refractivity contribution < 1.29 is 57.2 Å². The largest absolute Gasteiger partial charge is 0.493 e. The minimum Gasteiger partial charge on any atom is -0.493 e. The Kier molecular flexibility index (Phi) is 15.3. The smallest absolute Gasteiger partial charge is 0.314 e. The van der Waals surface area contributed by atoms with Crippen molar-refractivity contribution in [3.8, 4) is 23.0 Å². The zero-order chi connectivity index (χ0) is 38.5. The molecule has 0 aromatic heterocycles. The molecule has 2 aromatic rings. The first-order valence-electron chi connectivity index (χ1n) is 16.3. The minimum absolute atomic E-state index is 0.137. The first-order chi connectivity index (χ1) is 23.7. The van der Waals surface area contributed by atoms with Crippen molar-refractivity contribution in [2.24, 2.45) is 11.8 Å². The van der Waals surface area contributed by atoms with E-state index in [1.807, 2.05) is 0 Å². The molecule has 0 bridgehead atoms. The van der Waals surface area contributed by atoms with Gasteiger partial charge in [-0.1, -0.05) is 38.1 Å². The standard InChI is InChI=1S/C39H48O12/c1-24(19-34(42)50-38(3,4)5)36(44)48-30-17-13-26(21-32(30)46-9)11-15-28(40)23-29(41)16-12-27-14-18-31(33(22-27)47-10)49-37(45)25(2)20-35(43)51-39(6,7)8/h11-18,21-22,24-25H,19-20,23H2,1-10H3/b15-11+,16-12+/t24-,25-/m0/s1. The molecular weight excluding hydrogens is 660 g/mol. The number of hydrogen-bond donors (Lipinski definition) is 0. The molecule has 0 saturated carbocycles. The molecule has 2 atom stereocenters. The Bertz CT molecular complexity index is 1530. The summed E-state index contributed by atoms with van der Waals surface area (Å²) in [7, 11) is 2.79. The van der Waals surface area contributed by atoms with Crippen LogP contribution in [0.25, 0.3) is 12.2 Å². The summed E-state index contributed by atoms with van der Waals surface area (Å²) >= 11 is 0. The first-order valence-corrected chi connectivity index (χ1v) is 16.3. The van der Waals surface area contributed by atoms with Crippen LogP contribution in [0, 0.1) is 11.8 Å². The summed E-state index contributed by atoms with van der Waals surface area (Å²) < 4.78 is 32.1. The number of methoxy groups -OCH3 is 2. The Morgan fingerprint density at radius 3 is 1.25 bits per heavy atom. The minimum atomic E-state index is -0.758. The van der Waals surface area contributed by atoms with Crippen LogP contribution in [0.1, 0.15) is 85.8 Å². The molecule has 51 heavy (non-hydrogen) atoms. The van der Waals surface area contributed by atoms with Gasteiger partial charge < -0.3 is 28.4 Å². The van der Waals surface area contributed by atoms with Gasteiger partial charge in [0, 0.05) is 0 Å². The summed E-state index contributed by atoms with van der Waals surface area (Å²) in [5, 5.41) is 0. The Hall–Kier alpha value is -5.26. The SMILES string of the molecule is COc1cc(/C=C/C(=O)CC(=O)/C=C/c2ccc(OC(=O)[C@@H](C)CC(=O)OC(C)(C)C)c(OC)c2)ccc1OC(=O)[C@@H](C)CC(=O)OC(C)(C)C. The quantitative estimate of drug-likeness (QED) is 0.0808. The highest BCUT2D eigenvalue weighted by Crippen LogP contribution is 2.31. The third-order valence-electron chi connectivity index (χ3n) is 6.66. The molecular formula is C39H48O12. The fraction of sp³-hybridized carbons (Fsp3) is 0.436. The molecule has 2 aromatic carbocycles. The molecule has 0 aliphatic heterocycles. The van der Waals surface area contributed by atoms with Crippen molar-refractivity contribution in [2.75, 3.05) is 14.2 Å². The number of carbonyl (C=O) groups is 6. The molecule has 0 N–H and O–H groups in total. The van der Waals surface area contributed by atoms with Gasteiger partial charge in [-0.2, -0.15) is 0 Å².